The van der Waals surface area contributed by atoms with Crippen molar-refractivity contribution in [1.82, 2.24) is 10.2 Å². The number of hydrogen-bond acceptors (Lipinski definition) is 2. The first-order chi connectivity index (χ1) is 9.65. The second-order valence-corrected chi connectivity index (χ2v) is 5.02. The van der Waals surface area contributed by atoms with Crippen molar-refractivity contribution in [2.45, 2.75) is 25.7 Å². The van der Waals surface area contributed by atoms with Crippen LogP contribution < -0.4 is 5.32 Å². The van der Waals surface area contributed by atoms with E-state index in [0.29, 0.717) is 0 Å². The molecule has 0 spiro atoms. The van der Waals surface area contributed by atoms with Crippen LogP contribution in [0.1, 0.15) is 24.8 Å². The normalized spacial score (nSPS) is 14.9. The van der Waals surface area contributed by atoms with E-state index in [1.54, 1.807) is 17.0 Å². The third-order valence-electron chi connectivity index (χ3n) is 3.42. The summed E-state index contributed by atoms with van der Waals surface area (Å²) in [7, 11) is 0. The molecule has 4 nitrogen and oxygen atoms in total. The molecule has 5 heteroatoms. The molecule has 1 aliphatic heterocycles. The van der Waals surface area contributed by atoms with Crippen molar-refractivity contribution in [3.63, 3.8) is 0 Å². The molecule has 0 atom stereocenters. The number of halogens is 1. The summed E-state index contributed by atoms with van der Waals surface area (Å²) < 4.78 is 12.7. The zero-order valence-electron chi connectivity index (χ0n) is 11.4. The average Bonchev–Trinajstić information content (AvgIpc) is 2.48. The van der Waals surface area contributed by atoms with Crippen LogP contribution in [0.5, 0.6) is 0 Å². The van der Waals surface area contributed by atoms with Crippen LogP contribution >= 0.6 is 0 Å². The lowest BCUT2D eigenvalue weighted by molar-refractivity contribution is -0.133. The van der Waals surface area contributed by atoms with Crippen LogP contribution in [-0.2, 0) is 16.0 Å². The molecular formula is C15H19FN2O2. The van der Waals surface area contributed by atoms with Crippen LogP contribution in [0.25, 0.3) is 0 Å². The Balaban J connectivity index is 1.74. The number of nitrogens with one attached hydrogen (secondary N) is 1. The molecule has 20 heavy (non-hydrogen) atoms. The fourth-order valence-corrected chi connectivity index (χ4v) is 2.28. The van der Waals surface area contributed by atoms with Crippen molar-refractivity contribution in [1.29, 1.82) is 0 Å². The molecule has 1 aliphatic rings. The highest BCUT2D eigenvalue weighted by Gasteiger charge is 2.16. The highest BCUT2D eigenvalue weighted by atomic mass is 19.1. The molecule has 0 aliphatic carbocycles. The molecule has 0 radical (unpaired) electrons. The van der Waals surface area contributed by atoms with Crippen LogP contribution in [0, 0.1) is 5.82 Å². The molecular weight excluding hydrogens is 259 g/mol. The number of carbonyl (C=O) groups is 2. The Hall–Kier alpha value is -1.91. The van der Waals surface area contributed by atoms with Crippen LogP contribution in [0.4, 0.5) is 4.39 Å². The molecule has 1 N–H and O–H groups in total. The lowest BCUT2D eigenvalue weighted by Gasteiger charge is -2.26. The van der Waals surface area contributed by atoms with Crippen molar-refractivity contribution in [2.24, 2.45) is 0 Å². The molecule has 1 aromatic carbocycles. The summed E-state index contributed by atoms with van der Waals surface area (Å²) in [5, 5.41) is 2.62. The Morgan fingerprint density at radius 1 is 1.10 bits per heavy atom. The van der Waals surface area contributed by atoms with E-state index in [9.17, 15) is 14.0 Å². The van der Waals surface area contributed by atoms with Gasteiger partial charge in [-0.15, -0.1) is 0 Å². The largest absolute Gasteiger partial charge is 0.347 e. The number of piperidine rings is 1. The summed E-state index contributed by atoms with van der Waals surface area (Å²) in [5.41, 5.74) is 0.731. The molecule has 0 aromatic heterocycles. The van der Waals surface area contributed by atoms with Gasteiger partial charge in [-0.1, -0.05) is 12.1 Å². The third kappa shape index (κ3) is 4.33. The minimum atomic E-state index is -0.325. The fourth-order valence-electron chi connectivity index (χ4n) is 2.28. The molecule has 1 saturated heterocycles. The summed E-state index contributed by atoms with van der Waals surface area (Å²) in [5.74, 6) is -0.575. The smallest absolute Gasteiger partial charge is 0.241 e. The van der Waals surface area contributed by atoms with Gasteiger partial charge >= 0.3 is 0 Å². The molecule has 0 bridgehead atoms. The SMILES string of the molecule is O=C(Cc1ccc(F)cc1)NCC(=O)N1CCCCC1. The first kappa shape index (κ1) is 14.5. The Kier molecular flexibility index (Phi) is 5.09. The van der Waals surface area contributed by atoms with Crippen LogP contribution in [0.2, 0.25) is 0 Å². The van der Waals surface area contributed by atoms with Gasteiger partial charge in [0.05, 0.1) is 13.0 Å². The molecule has 108 valence electrons. The Bertz CT molecular complexity index is 467. The van der Waals surface area contributed by atoms with E-state index < -0.39 is 0 Å². The maximum atomic E-state index is 12.7. The van der Waals surface area contributed by atoms with Gasteiger partial charge in [0.1, 0.15) is 5.82 Å². The van der Waals surface area contributed by atoms with E-state index in [1.807, 2.05) is 0 Å². The zero-order chi connectivity index (χ0) is 14.4. The van der Waals surface area contributed by atoms with Crippen molar-refractivity contribution in [2.75, 3.05) is 19.6 Å². The van der Waals surface area contributed by atoms with Gasteiger partial charge in [0, 0.05) is 13.1 Å². The van der Waals surface area contributed by atoms with E-state index in [-0.39, 0.29) is 30.6 Å². The monoisotopic (exact) mass is 278 g/mol. The van der Waals surface area contributed by atoms with Gasteiger partial charge in [-0.05, 0) is 37.0 Å². The molecule has 0 unspecified atom stereocenters. The standard InChI is InChI=1S/C15H19FN2O2/c16-13-6-4-12(5-7-13)10-14(19)17-11-15(20)18-8-2-1-3-9-18/h4-7H,1-3,8-11H2,(H,17,19). The number of carbonyl (C=O) groups excluding carboxylic acids is 2. The van der Waals surface area contributed by atoms with E-state index in [1.165, 1.54) is 18.6 Å². The van der Waals surface area contributed by atoms with Crippen molar-refractivity contribution < 1.29 is 14.0 Å². The summed E-state index contributed by atoms with van der Waals surface area (Å²) in [6, 6.07) is 5.78. The van der Waals surface area contributed by atoms with Gasteiger partial charge in [0.25, 0.3) is 0 Å². The van der Waals surface area contributed by atoms with Gasteiger partial charge in [0.15, 0.2) is 0 Å². The topological polar surface area (TPSA) is 49.4 Å². The average molecular weight is 278 g/mol. The van der Waals surface area contributed by atoms with Crippen LogP contribution in [0.3, 0.4) is 0 Å². The van der Waals surface area contributed by atoms with Gasteiger partial charge in [0.2, 0.25) is 11.8 Å². The molecule has 1 aromatic rings. The molecule has 1 heterocycles. The van der Waals surface area contributed by atoms with Gasteiger partial charge in [-0.2, -0.15) is 0 Å². The third-order valence-corrected chi connectivity index (χ3v) is 3.42. The second kappa shape index (κ2) is 7.03. The summed E-state index contributed by atoms with van der Waals surface area (Å²) in [4.78, 5) is 25.4. The Morgan fingerprint density at radius 3 is 2.40 bits per heavy atom. The lowest BCUT2D eigenvalue weighted by Crippen LogP contribution is -2.42. The van der Waals surface area contributed by atoms with E-state index in [0.717, 1.165) is 31.5 Å². The molecule has 2 amide bonds. The minimum Gasteiger partial charge on any atom is -0.347 e. The van der Waals surface area contributed by atoms with E-state index >= 15 is 0 Å². The minimum absolute atomic E-state index is 0.0304. The number of amides is 2. The maximum Gasteiger partial charge on any atom is 0.241 e. The lowest BCUT2D eigenvalue weighted by atomic mass is 10.1. The number of benzene rings is 1. The Morgan fingerprint density at radius 2 is 1.75 bits per heavy atom. The highest BCUT2D eigenvalue weighted by Crippen LogP contribution is 2.08. The predicted molar refractivity (Wildman–Crippen MR) is 73.5 cm³/mol. The van der Waals surface area contributed by atoms with Crippen molar-refractivity contribution in [3.05, 3.63) is 35.6 Å². The number of nitrogens with zero attached hydrogens (tertiary/aromatic N) is 1. The summed E-state index contributed by atoms with van der Waals surface area (Å²) in [6.07, 6.45) is 3.40. The van der Waals surface area contributed by atoms with Crippen molar-refractivity contribution >= 4 is 11.8 Å². The van der Waals surface area contributed by atoms with Crippen LogP contribution in [-0.4, -0.2) is 36.3 Å². The van der Waals surface area contributed by atoms with Crippen molar-refractivity contribution in [3.8, 4) is 0 Å². The number of rotatable bonds is 4. The summed E-state index contributed by atoms with van der Waals surface area (Å²) in [6.45, 7) is 1.61. The quantitative estimate of drug-likeness (QED) is 0.907. The number of hydrogen-bond donors (Lipinski definition) is 1. The van der Waals surface area contributed by atoms with Crippen LogP contribution in [0.15, 0.2) is 24.3 Å². The van der Waals surface area contributed by atoms with E-state index in [4.69, 9.17) is 0 Å². The maximum absolute atomic E-state index is 12.7. The molecule has 1 fully saturated rings. The first-order valence-corrected chi connectivity index (χ1v) is 6.94. The van der Waals surface area contributed by atoms with E-state index in [2.05, 4.69) is 5.32 Å². The Labute approximate surface area is 118 Å². The molecule has 0 saturated carbocycles. The predicted octanol–water partition coefficient (Wildman–Crippen LogP) is 1.50. The van der Waals surface area contributed by atoms with Gasteiger partial charge in [-0.3, -0.25) is 9.59 Å². The first-order valence-electron chi connectivity index (χ1n) is 6.94. The molecule has 2 rings (SSSR count). The van der Waals surface area contributed by atoms with Gasteiger partial charge < -0.3 is 10.2 Å². The van der Waals surface area contributed by atoms with Gasteiger partial charge in [-0.25, -0.2) is 4.39 Å². The summed E-state index contributed by atoms with van der Waals surface area (Å²) >= 11 is 0. The fraction of sp³-hybridized carbons (Fsp3) is 0.467. The number of likely N-dealkylation sites (tertiary alicyclic amines) is 1. The zero-order valence-corrected chi connectivity index (χ0v) is 11.4. The highest BCUT2D eigenvalue weighted by molar-refractivity contribution is 5.85. The second-order valence-electron chi connectivity index (χ2n) is 5.02.